The zero-order chi connectivity index (χ0) is 9.30. The molecular formula is C6H5FN3O2ReRf-. The second kappa shape index (κ2) is 4.74. The maximum Gasteiger partial charge on any atom is 0.294 e. The summed E-state index contributed by atoms with van der Waals surface area (Å²) < 4.78 is 12.6. The van der Waals surface area contributed by atoms with Crippen molar-refractivity contribution in [3.63, 3.8) is 0 Å². The third-order valence-electron chi connectivity index (χ3n) is 1.31. The molecule has 1 aromatic rings. The van der Waals surface area contributed by atoms with Crippen molar-refractivity contribution in [3.8, 4) is 0 Å². The van der Waals surface area contributed by atoms with Crippen LogP contribution in [-0.2, 0) is 20.4 Å². The maximum atomic E-state index is 12.6. The number of hydrogen-bond donors (Lipinski definition) is 1. The SMILES string of the molecule is [NH-]c1cc(N)c([N+](=O)[O-])cc1F.[Re].[Rf]. The molecule has 73 valence electrons. The van der Waals surface area contributed by atoms with Gasteiger partial charge in [-0.25, -0.2) is 4.39 Å². The van der Waals surface area contributed by atoms with Gasteiger partial charge in [-0.05, 0) is 6.07 Å². The molecule has 0 spiro atoms. The number of nitrogens with two attached hydrogens (primary N) is 1. The van der Waals surface area contributed by atoms with Gasteiger partial charge in [0.05, 0.1) is 11.0 Å². The van der Waals surface area contributed by atoms with Gasteiger partial charge in [0.25, 0.3) is 5.69 Å². The zero-order valence-corrected chi connectivity index (χ0v) is 16.1. The third-order valence-corrected chi connectivity index (χ3v) is 1.31. The first kappa shape index (κ1) is 14.3. The van der Waals surface area contributed by atoms with Crippen molar-refractivity contribution in [2.75, 3.05) is 5.73 Å². The van der Waals surface area contributed by atoms with E-state index in [1.807, 2.05) is 0 Å². The minimum atomic E-state index is -0.948. The van der Waals surface area contributed by atoms with E-state index in [-0.39, 0.29) is 26.1 Å². The van der Waals surface area contributed by atoms with Gasteiger partial charge in [0, 0.05) is 20.4 Å². The molecule has 1 aromatic carbocycles. The quantitative estimate of drug-likeness (QED) is 0.295. The van der Waals surface area contributed by atoms with E-state index in [9.17, 15) is 14.5 Å². The Kier molecular flexibility index (Phi) is 4.86. The van der Waals surface area contributed by atoms with Crippen LogP contribution in [0, 0.1) is 15.9 Å². The van der Waals surface area contributed by atoms with Gasteiger partial charge in [0.15, 0.2) is 0 Å². The minimum Gasteiger partial charge on any atom is -0.696 e. The average molecular weight is 623 g/mol. The van der Waals surface area contributed by atoms with Gasteiger partial charge < -0.3 is 11.5 Å². The molecule has 1 radical (unpaired) electrons. The molecule has 1 rings (SSSR count). The van der Waals surface area contributed by atoms with E-state index >= 15 is 0 Å². The van der Waals surface area contributed by atoms with Crippen LogP contribution in [0.3, 0.4) is 0 Å². The molecule has 0 heterocycles. The number of nitrogens with one attached hydrogen (secondary N) is 1. The normalized spacial score (nSPS) is 8.36. The molecule has 0 aliphatic carbocycles. The fourth-order valence-electron chi connectivity index (χ4n) is 0.738. The second-order valence-corrected chi connectivity index (χ2v) is 2.15. The Hall–Kier alpha value is -2.19. The van der Waals surface area contributed by atoms with Crippen LogP contribution in [0.4, 0.5) is 21.5 Å². The van der Waals surface area contributed by atoms with Gasteiger partial charge in [0.1, 0.15) is 11.5 Å². The van der Waals surface area contributed by atoms with E-state index in [1.54, 1.807) is 0 Å². The van der Waals surface area contributed by atoms with Gasteiger partial charge in [-0.2, -0.15) is 0 Å². The molecule has 3 N–H and O–H groups in total. The van der Waals surface area contributed by atoms with Crippen molar-refractivity contribution in [2.24, 2.45) is 0 Å². The molecule has 0 unspecified atom stereocenters. The summed E-state index contributed by atoms with van der Waals surface area (Å²) in [4.78, 5) is 9.39. The Morgan fingerprint density at radius 1 is 1.50 bits per heavy atom. The molecule has 0 fully saturated rings. The Bertz CT molecular complexity index is 350. The minimum absolute atomic E-state index is 0. The molecule has 8 heteroatoms. The number of nitrogens with zero attached hydrogens (tertiary/aromatic N) is 1. The van der Waals surface area contributed by atoms with Crippen molar-refractivity contribution < 1.29 is 29.7 Å². The summed E-state index contributed by atoms with van der Waals surface area (Å²) in [6.45, 7) is 0. The smallest absolute Gasteiger partial charge is 0.294 e. The van der Waals surface area contributed by atoms with Crippen molar-refractivity contribution in [1.29, 1.82) is 0 Å². The number of hydrogen-bond acceptors (Lipinski definition) is 3. The largest absolute Gasteiger partial charge is 0.696 e. The van der Waals surface area contributed by atoms with Crippen LogP contribution in [0.25, 0.3) is 5.73 Å². The van der Waals surface area contributed by atoms with E-state index in [1.165, 1.54) is 0 Å². The zero-order valence-electron chi connectivity index (χ0n) is 6.96. The molecule has 0 amide bonds. The summed E-state index contributed by atoms with van der Waals surface area (Å²) >= 11 is 0. The molecular weight excluding hydrogens is 618 g/mol. The molecule has 14 heavy (non-hydrogen) atoms. The summed E-state index contributed by atoms with van der Waals surface area (Å²) in [6, 6.07) is 1.55. The predicted molar refractivity (Wildman–Crippen MR) is 41.4 cm³/mol. The summed E-state index contributed by atoms with van der Waals surface area (Å²) in [5, 5.41) is 10.2. The number of nitro benzene ring substituents is 1. The van der Waals surface area contributed by atoms with E-state index in [0.717, 1.165) is 6.07 Å². The molecule has 0 saturated carbocycles. The summed E-state index contributed by atoms with van der Waals surface area (Å²) in [5.41, 5.74) is 10.9. The summed E-state index contributed by atoms with van der Waals surface area (Å²) in [6.07, 6.45) is 0. The molecule has 0 bridgehead atoms. The van der Waals surface area contributed by atoms with Crippen molar-refractivity contribution in [1.82, 2.24) is 0 Å². The first-order valence-electron chi connectivity index (χ1n) is 2.97. The fourth-order valence-corrected chi connectivity index (χ4v) is 0.738. The van der Waals surface area contributed by atoms with Crippen LogP contribution < -0.4 is 5.73 Å². The molecule has 0 aliphatic rings. The van der Waals surface area contributed by atoms with Gasteiger partial charge in [-0.3, -0.25) is 10.1 Å². The van der Waals surface area contributed by atoms with Crippen LogP contribution in [0.15, 0.2) is 12.1 Å². The molecule has 0 aromatic heterocycles. The first-order chi connectivity index (χ1) is 5.52. The molecule has 5 nitrogen and oxygen atoms in total. The predicted octanol–water partition coefficient (Wildman–Crippen LogP) is 2.00. The van der Waals surface area contributed by atoms with Gasteiger partial charge in [-0.1, -0.05) is 0 Å². The van der Waals surface area contributed by atoms with Crippen LogP contribution >= 0.6 is 0 Å². The topological polar surface area (TPSA) is 93.0 Å². The van der Waals surface area contributed by atoms with E-state index < -0.39 is 22.1 Å². The Morgan fingerprint density at radius 3 is 2.43 bits per heavy atom. The number of anilines is 1. The van der Waals surface area contributed by atoms with Crippen LogP contribution in [0.2, 0.25) is 0 Å². The number of halogens is 1. The van der Waals surface area contributed by atoms with Gasteiger partial charge in [0.2, 0.25) is 0 Å². The maximum absolute atomic E-state index is 12.6. The van der Waals surface area contributed by atoms with Crippen LogP contribution in [0.5, 0.6) is 0 Å². The Balaban J connectivity index is 0. The molecule has 0 atom stereocenters. The monoisotopic (exact) mass is 624 g/mol. The second-order valence-electron chi connectivity index (χ2n) is 2.15. The van der Waals surface area contributed by atoms with Gasteiger partial charge in [-0.15, -0.1) is 5.69 Å². The van der Waals surface area contributed by atoms with Crippen molar-refractivity contribution >= 4 is 17.1 Å². The van der Waals surface area contributed by atoms with E-state index in [0.29, 0.717) is 6.07 Å². The third kappa shape index (κ3) is 2.40. The fraction of sp³-hybridized carbons (Fsp3) is 0. The summed E-state index contributed by atoms with van der Waals surface area (Å²) in [5.74, 6) is -0.948. The number of rotatable bonds is 1. The van der Waals surface area contributed by atoms with Crippen molar-refractivity contribution in [2.45, 2.75) is 0 Å². The number of nitro groups is 1. The van der Waals surface area contributed by atoms with Gasteiger partial charge >= 0.3 is 0 Å². The first-order valence-corrected chi connectivity index (χ1v) is 2.97. The average Bonchev–Trinajstić information content (AvgIpc) is 1.96. The summed E-state index contributed by atoms with van der Waals surface area (Å²) in [7, 11) is 0. The van der Waals surface area contributed by atoms with Crippen LogP contribution in [0.1, 0.15) is 0 Å². The van der Waals surface area contributed by atoms with Crippen LogP contribution in [-0.4, -0.2) is 4.92 Å². The van der Waals surface area contributed by atoms with Crippen molar-refractivity contribution in [3.05, 3.63) is 33.8 Å². The number of benzene rings is 1. The van der Waals surface area contributed by atoms with E-state index in [4.69, 9.17) is 11.5 Å². The standard InChI is InChI=1S/C6H5FN3O2.Re.Rf/c7-3-1-6(10(11)12)5(9)2-4(3)8;;/h1-2,8H,9H2;;/q-1;;. The molecule has 0 aliphatic heterocycles. The Morgan fingerprint density at radius 2 is 2.00 bits per heavy atom. The Labute approximate surface area is 86.7 Å². The molecule has 0 saturated heterocycles. The van der Waals surface area contributed by atoms with E-state index in [2.05, 4.69) is 0 Å². The number of nitrogen functional groups attached to an aromatic ring is 1.